The highest BCUT2D eigenvalue weighted by atomic mass is 32.2. The maximum Gasteiger partial charge on any atom is 0.326 e. The molecule has 3 amide bonds. The van der Waals surface area contributed by atoms with Gasteiger partial charge in [-0.05, 0) is 24.7 Å². The second-order valence-electron chi connectivity index (χ2n) is 10.0. The van der Waals surface area contributed by atoms with Crippen LogP contribution in [-0.2, 0) is 38.7 Å². The Bertz CT molecular complexity index is 1050. The highest BCUT2D eigenvalue weighted by Gasteiger charge is 2.28. The highest BCUT2D eigenvalue weighted by Crippen LogP contribution is 2.32. The fourth-order valence-corrected chi connectivity index (χ4v) is 4.84. The van der Waals surface area contributed by atoms with Crippen LogP contribution < -0.4 is 15.4 Å². The third kappa shape index (κ3) is 15.4. The van der Waals surface area contributed by atoms with Crippen molar-refractivity contribution in [3.8, 4) is 0 Å². The van der Waals surface area contributed by atoms with Gasteiger partial charge >= 0.3 is 5.97 Å². The fourth-order valence-electron chi connectivity index (χ4n) is 3.80. The van der Waals surface area contributed by atoms with Gasteiger partial charge in [-0.1, -0.05) is 32.9 Å². The van der Waals surface area contributed by atoms with Crippen LogP contribution in [0.15, 0.2) is 0 Å². The monoisotopic (exact) mass is 591 g/mol. The van der Waals surface area contributed by atoms with Crippen molar-refractivity contribution < 1.29 is 42.2 Å². The average Bonchev–Trinajstić information content (AvgIpc) is 3.38. The maximum absolute atomic E-state index is 12.3. The molecule has 1 rings (SSSR count). The van der Waals surface area contributed by atoms with E-state index in [9.17, 15) is 27.6 Å². The topological polar surface area (TPSA) is 232 Å². The minimum atomic E-state index is -3.89. The van der Waals surface area contributed by atoms with E-state index in [1.54, 1.807) is 6.92 Å². The predicted molar refractivity (Wildman–Crippen MR) is 141 cm³/mol. The summed E-state index contributed by atoms with van der Waals surface area (Å²) in [5, 5.41) is 27.6. The maximum atomic E-state index is 12.3. The van der Waals surface area contributed by atoms with E-state index < -0.39 is 39.3 Å². The number of sulfonamides is 1. The number of carbonyl (C=O) groups excluding carboxylic acids is 3. The summed E-state index contributed by atoms with van der Waals surface area (Å²) in [5.41, 5.74) is -0.511. The van der Waals surface area contributed by atoms with E-state index in [0.717, 1.165) is 0 Å². The van der Waals surface area contributed by atoms with Crippen molar-refractivity contribution >= 4 is 33.7 Å². The summed E-state index contributed by atoms with van der Waals surface area (Å²) in [5.74, 6) is -2.58. The van der Waals surface area contributed by atoms with E-state index in [1.165, 1.54) is 0 Å². The van der Waals surface area contributed by atoms with Gasteiger partial charge in [0, 0.05) is 25.3 Å². The van der Waals surface area contributed by atoms with Crippen LogP contribution >= 0.6 is 0 Å². The van der Waals surface area contributed by atoms with Crippen LogP contribution in [0.25, 0.3) is 0 Å². The minimum Gasteiger partial charge on any atom is -0.480 e. The Kier molecular flexibility index (Phi) is 15.2. The summed E-state index contributed by atoms with van der Waals surface area (Å²) in [7, 11) is -3.89. The molecule has 0 aromatic carbocycles. The molecule has 1 aromatic heterocycles. The number of H-pyrrole nitrogens is 1. The third-order valence-corrected chi connectivity index (χ3v) is 6.97. The van der Waals surface area contributed by atoms with Crippen LogP contribution in [0, 0.1) is 5.41 Å². The van der Waals surface area contributed by atoms with Crippen LogP contribution in [0.5, 0.6) is 0 Å². The summed E-state index contributed by atoms with van der Waals surface area (Å²) in [6, 6.07) is -0.962. The van der Waals surface area contributed by atoms with Crippen molar-refractivity contribution in [1.29, 1.82) is 0 Å². The molecule has 0 fully saturated rings. The Morgan fingerprint density at radius 1 is 1.07 bits per heavy atom. The lowest BCUT2D eigenvalue weighted by Gasteiger charge is -2.26. The number of carboxylic acid groups (broad SMARTS) is 1. The summed E-state index contributed by atoms with van der Waals surface area (Å²) in [6.07, 6.45) is 0.769. The number of aliphatic carboxylic acids is 1. The van der Waals surface area contributed by atoms with Gasteiger partial charge in [0.2, 0.25) is 27.7 Å². The number of aromatic amines is 1. The van der Waals surface area contributed by atoms with Gasteiger partial charge in [0.15, 0.2) is 5.82 Å². The second-order valence-corrected chi connectivity index (χ2v) is 11.9. The second kappa shape index (κ2) is 17.5. The van der Waals surface area contributed by atoms with Gasteiger partial charge < -0.3 is 25.2 Å². The lowest BCUT2D eigenvalue weighted by atomic mass is 9.80. The molecule has 0 bridgehead atoms. The third-order valence-electron chi connectivity index (χ3n) is 5.60. The number of carbonyl (C=O) groups is 4. The summed E-state index contributed by atoms with van der Waals surface area (Å²) < 4.78 is 37.0. The number of amides is 3. The number of hydrogen-bond acceptors (Lipinski definition) is 11. The molecule has 0 aliphatic heterocycles. The molecule has 2 atom stereocenters. The first-order valence-electron chi connectivity index (χ1n) is 13.0. The normalized spacial score (nSPS) is 13.3. The van der Waals surface area contributed by atoms with Gasteiger partial charge in [0.25, 0.3) is 0 Å². The Morgan fingerprint density at radius 2 is 1.77 bits per heavy atom. The molecule has 1 unspecified atom stereocenters. The van der Waals surface area contributed by atoms with E-state index in [0.29, 0.717) is 12.2 Å². The van der Waals surface area contributed by atoms with E-state index >= 15 is 0 Å². The molecule has 0 radical (unpaired) electrons. The molecule has 0 aliphatic rings. The largest absolute Gasteiger partial charge is 0.480 e. The quantitative estimate of drug-likeness (QED) is 0.114. The first-order chi connectivity index (χ1) is 18.7. The van der Waals surface area contributed by atoms with Crippen molar-refractivity contribution in [2.24, 2.45) is 5.41 Å². The molecule has 1 heterocycles. The molecular weight excluding hydrogens is 550 g/mol. The van der Waals surface area contributed by atoms with Gasteiger partial charge in [-0.15, -0.1) is 10.2 Å². The van der Waals surface area contributed by atoms with Crippen LogP contribution in [0.1, 0.15) is 71.5 Å². The van der Waals surface area contributed by atoms with E-state index in [2.05, 4.69) is 36.0 Å². The van der Waals surface area contributed by atoms with Crippen LogP contribution in [-0.4, -0.2) is 103 Å². The molecule has 5 N–H and O–H groups in total. The number of carboxylic acids is 1. The molecule has 228 valence electrons. The van der Waals surface area contributed by atoms with Gasteiger partial charge in [0.1, 0.15) is 12.6 Å². The van der Waals surface area contributed by atoms with Gasteiger partial charge in [-0.25, -0.2) is 13.2 Å². The number of tetrazole rings is 1. The minimum absolute atomic E-state index is 0.0167. The van der Waals surface area contributed by atoms with Crippen molar-refractivity contribution in [1.82, 2.24) is 36.0 Å². The molecule has 16 nitrogen and oxygen atoms in total. The Hall–Kier alpha value is -3.18. The van der Waals surface area contributed by atoms with Crippen molar-refractivity contribution in [3.63, 3.8) is 0 Å². The molecule has 0 saturated carbocycles. The molecule has 0 spiro atoms. The van der Waals surface area contributed by atoms with Crippen LogP contribution in [0.2, 0.25) is 0 Å². The van der Waals surface area contributed by atoms with Crippen molar-refractivity contribution in [2.45, 2.75) is 71.8 Å². The number of nitrogens with one attached hydrogen (secondary N) is 4. The summed E-state index contributed by atoms with van der Waals surface area (Å²) in [6.45, 7) is 7.55. The fraction of sp³-hybridized carbons (Fsp3) is 0.783. The predicted octanol–water partition coefficient (Wildman–Crippen LogP) is -0.535. The van der Waals surface area contributed by atoms with Crippen molar-refractivity contribution in [2.75, 3.05) is 38.7 Å². The smallest absolute Gasteiger partial charge is 0.326 e. The lowest BCUT2D eigenvalue weighted by molar-refractivity contribution is -0.142. The SMILES string of the molecule is CC[C@H](NC(=O)COCCOCCNC(=O)CCCS(=O)(=O)NC(=O)CC(C)(C)CC(C)c1nn[nH]n1)C(=O)O. The summed E-state index contributed by atoms with van der Waals surface area (Å²) in [4.78, 5) is 46.7. The number of nitrogens with zero attached hydrogens (tertiary/aromatic N) is 3. The standard InChI is InChI=1S/C23H41N7O9S/c1-5-17(22(34)35)25-20(33)15-39-11-10-38-9-8-24-18(31)7-6-12-40(36,37)28-19(32)14-23(3,4)13-16(2)21-26-29-30-27-21/h16-17H,5-15H2,1-4H3,(H,24,31)(H,25,33)(H,28,32)(H,34,35)(H,26,27,29,30)/t16?,17-/m0/s1. The Morgan fingerprint density at radius 3 is 2.40 bits per heavy atom. The average molecular weight is 592 g/mol. The molecule has 40 heavy (non-hydrogen) atoms. The number of rotatable bonds is 21. The van der Waals surface area contributed by atoms with Crippen LogP contribution in [0.4, 0.5) is 0 Å². The van der Waals surface area contributed by atoms with Gasteiger partial charge in [-0.2, -0.15) is 5.21 Å². The van der Waals surface area contributed by atoms with Gasteiger partial charge in [-0.3, -0.25) is 19.1 Å². The molecule has 1 aromatic rings. The van der Waals surface area contributed by atoms with Crippen molar-refractivity contribution in [3.05, 3.63) is 5.82 Å². The first-order valence-corrected chi connectivity index (χ1v) is 14.6. The first kappa shape index (κ1) is 34.8. The van der Waals surface area contributed by atoms with E-state index in [-0.39, 0.29) is 76.2 Å². The molecule has 17 heteroatoms. The zero-order valence-corrected chi connectivity index (χ0v) is 24.2. The molecular formula is C23H41N7O9S. The zero-order chi connectivity index (χ0) is 30.2. The highest BCUT2D eigenvalue weighted by molar-refractivity contribution is 7.90. The Balaban J connectivity index is 2.15. The van der Waals surface area contributed by atoms with Gasteiger partial charge in [0.05, 0.1) is 25.6 Å². The number of aromatic nitrogens is 4. The Labute approximate surface area is 233 Å². The number of ether oxygens (including phenoxy) is 2. The van der Waals surface area contributed by atoms with E-state index in [4.69, 9.17) is 14.6 Å². The lowest BCUT2D eigenvalue weighted by Crippen LogP contribution is -2.42. The van der Waals surface area contributed by atoms with Crippen LogP contribution in [0.3, 0.4) is 0 Å². The molecule has 0 saturated heterocycles. The zero-order valence-electron chi connectivity index (χ0n) is 23.4. The summed E-state index contributed by atoms with van der Waals surface area (Å²) >= 11 is 0. The molecule has 0 aliphatic carbocycles. The number of hydrogen-bond donors (Lipinski definition) is 5. The van der Waals surface area contributed by atoms with E-state index in [1.807, 2.05) is 20.8 Å².